The van der Waals surface area contributed by atoms with Gasteiger partial charge in [0.2, 0.25) is 0 Å². The van der Waals surface area contributed by atoms with Crippen molar-refractivity contribution in [3.63, 3.8) is 0 Å². The number of carbonyl (C=O) groups is 3. The summed E-state index contributed by atoms with van der Waals surface area (Å²) in [7, 11) is 5.40. The summed E-state index contributed by atoms with van der Waals surface area (Å²) in [5.74, 6) is -1.76. The van der Waals surface area contributed by atoms with Crippen molar-refractivity contribution in [3.8, 4) is 0 Å². The van der Waals surface area contributed by atoms with E-state index in [2.05, 4.69) is 50.3 Å². The van der Waals surface area contributed by atoms with E-state index in [9.17, 15) is 19.5 Å². The van der Waals surface area contributed by atoms with Gasteiger partial charge in [0.1, 0.15) is 12.6 Å². The molecule has 0 radical (unpaired) electrons. The zero-order valence-corrected chi connectivity index (χ0v) is 36.3. The number of nitrogens with zero attached hydrogens (tertiary/aromatic N) is 1. The fourth-order valence-corrected chi connectivity index (χ4v) is 6.51. The molecule has 0 heterocycles. The van der Waals surface area contributed by atoms with Gasteiger partial charge < -0.3 is 28.6 Å². The molecule has 320 valence electrons. The van der Waals surface area contributed by atoms with Gasteiger partial charge in [-0.2, -0.15) is 0 Å². The smallest absolute Gasteiger partial charge is 0.306 e. The van der Waals surface area contributed by atoms with Crippen LogP contribution in [0.1, 0.15) is 194 Å². The second kappa shape index (κ2) is 38.4. The topological polar surface area (TPSA) is 102 Å². The van der Waals surface area contributed by atoms with Gasteiger partial charge in [0.05, 0.1) is 40.3 Å². The number of esters is 2. The Morgan fingerprint density at radius 3 is 1.51 bits per heavy atom. The monoisotopic (exact) mass is 776 g/mol. The molecule has 55 heavy (non-hydrogen) atoms. The average Bonchev–Trinajstić information content (AvgIpc) is 3.14. The van der Waals surface area contributed by atoms with Crippen LogP contribution in [0.4, 0.5) is 0 Å². The molecule has 2 atom stereocenters. The second-order valence-corrected chi connectivity index (χ2v) is 16.3. The zero-order valence-electron chi connectivity index (χ0n) is 36.3. The number of likely N-dealkylation sites (N-methyl/N-ethyl adjacent to an activating group) is 1. The highest BCUT2D eigenvalue weighted by Crippen LogP contribution is 2.14. The molecule has 0 aliphatic rings. The van der Waals surface area contributed by atoms with Crippen LogP contribution in [-0.2, 0) is 28.6 Å². The molecule has 0 rings (SSSR count). The lowest BCUT2D eigenvalue weighted by Crippen LogP contribution is -2.55. The van der Waals surface area contributed by atoms with Gasteiger partial charge in [-0.1, -0.05) is 147 Å². The normalized spacial score (nSPS) is 13.3. The molecular formula is C47H85NO7. The van der Waals surface area contributed by atoms with Crippen molar-refractivity contribution in [1.82, 2.24) is 0 Å². The first-order valence-corrected chi connectivity index (χ1v) is 22.5. The second-order valence-electron chi connectivity index (χ2n) is 16.3. The van der Waals surface area contributed by atoms with E-state index in [1.807, 2.05) is 0 Å². The standard InChI is InChI=1S/C47H85NO7/c1-6-8-10-12-14-16-18-20-21-22-23-24-25-26-28-30-32-34-36-38-46(50)55-43(41-53-40-39-44(47(51)52)48(3,4)5)42-54-45(49)37-35-33-31-29-27-19-17-15-13-11-9-7-2/h9,11,15,17,22-23,43-44H,6-8,10,12-14,16,18-21,24-42H2,1-5H3/b11-9+,17-15+,23-22+. The van der Waals surface area contributed by atoms with E-state index in [-0.39, 0.29) is 42.7 Å². The highest BCUT2D eigenvalue weighted by molar-refractivity contribution is 5.70. The minimum Gasteiger partial charge on any atom is -0.544 e. The van der Waals surface area contributed by atoms with E-state index in [0.29, 0.717) is 12.8 Å². The van der Waals surface area contributed by atoms with E-state index in [4.69, 9.17) is 14.2 Å². The highest BCUT2D eigenvalue weighted by atomic mass is 16.6. The maximum Gasteiger partial charge on any atom is 0.306 e. The molecule has 0 aromatic heterocycles. The molecule has 0 fully saturated rings. The summed E-state index contributed by atoms with van der Waals surface area (Å²) in [6.45, 7) is 4.54. The van der Waals surface area contributed by atoms with Gasteiger partial charge in [0.25, 0.3) is 0 Å². The van der Waals surface area contributed by atoms with Gasteiger partial charge in [-0.15, -0.1) is 0 Å². The lowest BCUT2D eigenvalue weighted by molar-refractivity contribution is -0.889. The molecule has 2 unspecified atom stereocenters. The van der Waals surface area contributed by atoms with Crippen LogP contribution >= 0.6 is 0 Å². The van der Waals surface area contributed by atoms with Crippen molar-refractivity contribution in [2.24, 2.45) is 0 Å². The van der Waals surface area contributed by atoms with Crippen molar-refractivity contribution < 1.29 is 38.2 Å². The van der Waals surface area contributed by atoms with E-state index >= 15 is 0 Å². The predicted octanol–water partition coefficient (Wildman–Crippen LogP) is 10.9. The van der Waals surface area contributed by atoms with E-state index in [0.717, 1.165) is 70.6 Å². The number of aliphatic carboxylic acids is 1. The fourth-order valence-electron chi connectivity index (χ4n) is 6.51. The molecule has 0 spiro atoms. The molecule has 0 aliphatic heterocycles. The van der Waals surface area contributed by atoms with Gasteiger partial charge in [-0.05, 0) is 64.2 Å². The first-order chi connectivity index (χ1) is 26.6. The highest BCUT2D eigenvalue weighted by Gasteiger charge is 2.25. The molecule has 0 N–H and O–H groups in total. The third kappa shape index (κ3) is 36.9. The number of carbonyl (C=O) groups excluding carboxylic acids is 3. The summed E-state index contributed by atoms with van der Waals surface area (Å²) in [5, 5.41) is 11.6. The van der Waals surface area contributed by atoms with E-state index < -0.39 is 18.1 Å². The van der Waals surface area contributed by atoms with Crippen LogP contribution in [0.15, 0.2) is 36.5 Å². The Labute approximate surface area is 338 Å². The lowest BCUT2D eigenvalue weighted by Gasteiger charge is -2.34. The number of hydrogen-bond acceptors (Lipinski definition) is 7. The Hall–Kier alpha value is -2.45. The number of rotatable bonds is 40. The van der Waals surface area contributed by atoms with Crippen LogP contribution in [0.25, 0.3) is 0 Å². The van der Waals surface area contributed by atoms with Gasteiger partial charge in [-0.3, -0.25) is 9.59 Å². The Morgan fingerprint density at radius 2 is 1.02 bits per heavy atom. The third-order valence-corrected chi connectivity index (χ3v) is 10.0. The number of hydrogen-bond donors (Lipinski definition) is 0. The van der Waals surface area contributed by atoms with Crippen molar-refractivity contribution in [3.05, 3.63) is 36.5 Å². The van der Waals surface area contributed by atoms with Crippen LogP contribution in [0, 0.1) is 0 Å². The lowest BCUT2D eigenvalue weighted by atomic mass is 10.1. The molecule has 0 aromatic rings. The molecule has 8 nitrogen and oxygen atoms in total. The summed E-state index contributed by atoms with van der Waals surface area (Å²) in [4.78, 5) is 36.8. The summed E-state index contributed by atoms with van der Waals surface area (Å²) in [5.41, 5.74) is 0. The average molecular weight is 776 g/mol. The van der Waals surface area contributed by atoms with Gasteiger partial charge >= 0.3 is 11.9 Å². The van der Waals surface area contributed by atoms with Gasteiger partial charge in [0.15, 0.2) is 6.10 Å². The van der Waals surface area contributed by atoms with Crippen molar-refractivity contribution in [2.45, 2.75) is 206 Å². The molecule has 8 heteroatoms. The molecule has 0 amide bonds. The van der Waals surface area contributed by atoms with Crippen molar-refractivity contribution >= 4 is 17.9 Å². The van der Waals surface area contributed by atoms with Crippen LogP contribution in [0.3, 0.4) is 0 Å². The molecular weight excluding hydrogens is 691 g/mol. The first kappa shape index (κ1) is 52.6. The Balaban J connectivity index is 4.31. The number of quaternary nitrogens is 1. The zero-order chi connectivity index (χ0) is 40.7. The molecule has 0 aromatic carbocycles. The van der Waals surface area contributed by atoms with Gasteiger partial charge in [-0.25, -0.2) is 0 Å². The number of ether oxygens (including phenoxy) is 3. The Morgan fingerprint density at radius 1 is 0.564 bits per heavy atom. The molecule has 0 bridgehead atoms. The van der Waals surface area contributed by atoms with Crippen molar-refractivity contribution in [1.29, 1.82) is 0 Å². The SMILES string of the molecule is CC/C=C/C/C=C/CCCCCCCC(=O)OCC(COCCC(C(=O)[O-])[N+](C)(C)C)OC(=O)CCCCCCCCC/C=C/CCCCCCCCCC. The number of unbranched alkanes of at least 4 members (excludes halogenated alkanes) is 20. The summed E-state index contributed by atoms with van der Waals surface area (Å²) in [6.07, 6.45) is 43.1. The summed E-state index contributed by atoms with van der Waals surface area (Å²) < 4.78 is 17.1. The summed E-state index contributed by atoms with van der Waals surface area (Å²) >= 11 is 0. The Kier molecular flexibility index (Phi) is 36.7. The van der Waals surface area contributed by atoms with Crippen molar-refractivity contribution in [2.75, 3.05) is 41.0 Å². The number of allylic oxidation sites excluding steroid dienone is 6. The Bertz CT molecular complexity index is 1000. The van der Waals surface area contributed by atoms with Crippen LogP contribution in [-0.4, -0.2) is 75.5 Å². The first-order valence-electron chi connectivity index (χ1n) is 22.5. The van der Waals surface area contributed by atoms with Crippen LogP contribution < -0.4 is 5.11 Å². The van der Waals surface area contributed by atoms with E-state index in [1.54, 1.807) is 21.1 Å². The summed E-state index contributed by atoms with van der Waals surface area (Å²) in [6, 6.07) is -0.727. The molecule has 0 saturated heterocycles. The minimum absolute atomic E-state index is 0.0354. The third-order valence-electron chi connectivity index (χ3n) is 10.0. The largest absolute Gasteiger partial charge is 0.544 e. The van der Waals surface area contributed by atoms with E-state index in [1.165, 1.54) is 89.9 Å². The van der Waals surface area contributed by atoms with Gasteiger partial charge in [0, 0.05) is 19.3 Å². The molecule has 0 aliphatic carbocycles. The van der Waals surface area contributed by atoms with Crippen LogP contribution in [0.2, 0.25) is 0 Å². The number of carboxylic acid groups (broad SMARTS) is 1. The quantitative estimate of drug-likeness (QED) is 0.0264. The van der Waals surface area contributed by atoms with Crippen LogP contribution in [0.5, 0.6) is 0 Å². The maximum absolute atomic E-state index is 12.7. The maximum atomic E-state index is 12.7. The predicted molar refractivity (Wildman–Crippen MR) is 227 cm³/mol. The fraction of sp³-hybridized carbons (Fsp3) is 0.809. The number of carboxylic acids is 1. The molecule has 0 saturated carbocycles. The minimum atomic E-state index is -1.13.